The molecule has 0 atom stereocenters. The molecule has 0 bridgehead atoms. The number of nitrogens with zero attached hydrogens (tertiary/aromatic N) is 1. The number of benzene rings is 2. The van der Waals surface area contributed by atoms with Crippen LogP contribution in [0.15, 0.2) is 48.5 Å². The van der Waals surface area contributed by atoms with Crippen molar-refractivity contribution >= 4 is 34.2 Å². The van der Waals surface area contributed by atoms with Crippen LogP contribution in [0, 0.1) is 3.57 Å². The Hall–Kier alpha value is -1.80. The van der Waals surface area contributed by atoms with Crippen LogP contribution in [0.5, 0.6) is 11.5 Å². The van der Waals surface area contributed by atoms with E-state index in [4.69, 9.17) is 9.47 Å². The quantitative estimate of drug-likeness (QED) is 0.605. The van der Waals surface area contributed by atoms with Gasteiger partial charge in [0.05, 0.1) is 13.2 Å². The van der Waals surface area contributed by atoms with Crippen LogP contribution in [0.4, 0.5) is 5.69 Å². The maximum absolute atomic E-state index is 12.3. The summed E-state index contributed by atoms with van der Waals surface area (Å²) >= 11 is 2.25. The predicted octanol–water partition coefficient (Wildman–Crippen LogP) is 4.17. The lowest BCUT2D eigenvalue weighted by atomic mass is 10.1. The molecule has 27 heavy (non-hydrogen) atoms. The molecule has 1 amide bonds. The average Bonchev–Trinajstić information content (AvgIpc) is 2.67. The van der Waals surface area contributed by atoms with E-state index in [-0.39, 0.29) is 12.0 Å². The number of halogens is 1. The number of ether oxygens (including phenoxy) is 2. The topological polar surface area (TPSA) is 50.8 Å². The monoisotopic (exact) mass is 480 g/mol. The maximum Gasteiger partial charge on any atom is 0.238 e. The number of rotatable bonds is 7. The molecule has 1 aliphatic rings. The predicted molar refractivity (Wildman–Crippen MR) is 115 cm³/mol. The molecular weight excluding hydrogens is 455 g/mol. The van der Waals surface area contributed by atoms with Crippen LogP contribution in [0.1, 0.15) is 19.8 Å². The van der Waals surface area contributed by atoms with E-state index in [1.165, 1.54) is 0 Å². The summed E-state index contributed by atoms with van der Waals surface area (Å²) in [5.41, 5.74) is 0.839. The highest BCUT2D eigenvalue weighted by Gasteiger charge is 2.23. The molecule has 0 aliphatic carbocycles. The van der Waals surface area contributed by atoms with Crippen LogP contribution in [0.25, 0.3) is 0 Å². The second kappa shape index (κ2) is 9.94. The molecule has 0 radical (unpaired) electrons. The molecule has 0 aromatic heterocycles. The molecular formula is C21H25IN2O3. The van der Waals surface area contributed by atoms with Gasteiger partial charge in [-0.25, -0.2) is 0 Å². The maximum atomic E-state index is 12.3. The number of amides is 1. The summed E-state index contributed by atoms with van der Waals surface area (Å²) in [6.45, 7) is 4.70. The van der Waals surface area contributed by atoms with Gasteiger partial charge in [-0.2, -0.15) is 0 Å². The third kappa shape index (κ3) is 6.10. The van der Waals surface area contributed by atoms with Gasteiger partial charge >= 0.3 is 0 Å². The van der Waals surface area contributed by atoms with E-state index in [2.05, 4.69) is 32.8 Å². The van der Waals surface area contributed by atoms with Gasteiger partial charge < -0.3 is 14.8 Å². The minimum atomic E-state index is 0.0252. The van der Waals surface area contributed by atoms with Crippen molar-refractivity contribution in [3.8, 4) is 11.5 Å². The van der Waals surface area contributed by atoms with E-state index in [9.17, 15) is 4.79 Å². The van der Waals surface area contributed by atoms with E-state index in [1.54, 1.807) is 0 Å². The molecule has 6 heteroatoms. The van der Waals surface area contributed by atoms with Crippen LogP contribution < -0.4 is 14.8 Å². The zero-order valence-corrected chi connectivity index (χ0v) is 17.6. The van der Waals surface area contributed by atoms with Crippen molar-refractivity contribution in [2.24, 2.45) is 0 Å². The zero-order valence-electron chi connectivity index (χ0n) is 15.5. The van der Waals surface area contributed by atoms with E-state index in [1.807, 2.05) is 55.5 Å². The Labute approximate surface area is 174 Å². The molecule has 2 aromatic carbocycles. The summed E-state index contributed by atoms with van der Waals surface area (Å²) in [7, 11) is 0. The number of carbonyl (C=O) groups is 1. The smallest absolute Gasteiger partial charge is 0.238 e. The van der Waals surface area contributed by atoms with Crippen LogP contribution in [0.3, 0.4) is 0 Å². The molecule has 144 valence electrons. The average molecular weight is 480 g/mol. The van der Waals surface area contributed by atoms with E-state index in [0.29, 0.717) is 13.2 Å². The number of likely N-dealkylation sites (tertiary alicyclic amines) is 1. The lowest BCUT2D eigenvalue weighted by Gasteiger charge is -2.32. The van der Waals surface area contributed by atoms with Gasteiger partial charge in [-0.1, -0.05) is 12.1 Å². The number of hydrogen-bond acceptors (Lipinski definition) is 4. The number of para-hydroxylation sites is 2. The van der Waals surface area contributed by atoms with Gasteiger partial charge in [0.2, 0.25) is 5.91 Å². The van der Waals surface area contributed by atoms with E-state index in [0.717, 1.165) is 46.7 Å². The summed E-state index contributed by atoms with van der Waals surface area (Å²) < 4.78 is 12.9. The lowest BCUT2D eigenvalue weighted by Crippen LogP contribution is -2.42. The Morgan fingerprint density at radius 1 is 1.11 bits per heavy atom. The third-order valence-corrected chi connectivity index (χ3v) is 5.19. The van der Waals surface area contributed by atoms with Crippen molar-refractivity contribution in [2.45, 2.75) is 25.9 Å². The number of nitrogens with one attached hydrogen (secondary N) is 1. The molecule has 5 nitrogen and oxygen atoms in total. The van der Waals surface area contributed by atoms with Crippen molar-refractivity contribution in [3.05, 3.63) is 52.1 Å². The Balaban J connectivity index is 1.45. The highest BCUT2D eigenvalue weighted by molar-refractivity contribution is 14.1. The molecule has 1 aliphatic heterocycles. The van der Waals surface area contributed by atoms with Crippen molar-refractivity contribution in [1.82, 2.24) is 4.90 Å². The van der Waals surface area contributed by atoms with Gasteiger partial charge in [-0.05, 0) is 78.8 Å². The largest absolute Gasteiger partial charge is 0.490 e. The second-order valence-electron chi connectivity index (χ2n) is 6.53. The molecule has 1 heterocycles. The normalized spacial score (nSPS) is 15.3. The van der Waals surface area contributed by atoms with Crippen LogP contribution in [-0.2, 0) is 4.79 Å². The SMILES string of the molecule is CCOc1ccccc1OC1CCN(CC(=O)Nc2ccc(I)cc2)CC1. The van der Waals surface area contributed by atoms with Crippen LogP contribution in [0.2, 0.25) is 0 Å². The minimum absolute atomic E-state index is 0.0252. The highest BCUT2D eigenvalue weighted by Crippen LogP contribution is 2.29. The van der Waals surface area contributed by atoms with Crippen molar-refractivity contribution in [2.75, 3.05) is 31.6 Å². The summed E-state index contributed by atoms with van der Waals surface area (Å²) in [5, 5.41) is 2.96. The molecule has 3 rings (SSSR count). The van der Waals surface area contributed by atoms with Crippen molar-refractivity contribution < 1.29 is 14.3 Å². The lowest BCUT2D eigenvalue weighted by molar-refractivity contribution is -0.117. The minimum Gasteiger partial charge on any atom is -0.490 e. The molecule has 0 saturated carbocycles. The van der Waals surface area contributed by atoms with Gasteiger partial charge in [0.1, 0.15) is 6.10 Å². The number of anilines is 1. The molecule has 1 saturated heterocycles. The van der Waals surface area contributed by atoms with Crippen molar-refractivity contribution in [3.63, 3.8) is 0 Å². The summed E-state index contributed by atoms with van der Waals surface area (Å²) in [5.74, 6) is 1.62. The first-order valence-electron chi connectivity index (χ1n) is 9.30. The van der Waals surface area contributed by atoms with Gasteiger partial charge in [0, 0.05) is 22.3 Å². The number of piperidine rings is 1. The highest BCUT2D eigenvalue weighted by atomic mass is 127. The van der Waals surface area contributed by atoms with Gasteiger partial charge in [0.15, 0.2) is 11.5 Å². The molecule has 0 spiro atoms. The first kappa shape index (κ1) is 19.9. The first-order valence-corrected chi connectivity index (χ1v) is 10.4. The number of carbonyl (C=O) groups excluding carboxylic acids is 1. The Bertz CT molecular complexity index is 743. The zero-order chi connectivity index (χ0) is 19.1. The van der Waals surface area contributed by atoms with Crippen molar-refractivity contribution in [1.29, 1.82) is 0 Å². The fraction of sp³-hybridized carbons (Fsp3) is 0.381. The standard InChI is InChI=1S/C21H25IN2O3/c1-2-26-19-5-3-4-6-20(19)27-18-11-13-24(14-12-18)15-21(25)23-17-9-7-16(22)8-10-17/h3-10,18H,2,11-15H2,1H3,(H,23,25). The summed E-state index contributed by atoms with van der Waals surface area (Å²) in [4.78, 5) is 14.4. The first-order chi connectivity index (χ1) is 13.1. The fourth-order valence-corrected chi connectivity index (χ4v) is 3.48. The third-order valence-electron chi connectivity index (χ3n) is 4.47. The van der Waals surface area contributed by atoms with Crippen LogP contribution >= 0.6 is 22.6 Å². The Kier molecular flexibility index (Phi) is 7.34. The number of hydrogen-bond donors (Lipinski definition) is 1. The molecule has 1 fully saturated rings. The molecule has 1 N–H and O–H groups in total. The van der Waals surface area contributed by atoms with Gasteiger partial charge in [0.25, 0.3) is 0 Å². The van der Waals surface area contributed by atoms with Gasteiger partial charge in [-0.15, -0.1) is 0 Å². The van der Waals surface area contributed by atoms with Gasteiger partial charge in [-0.3, -0.25) is 9.69 Å². The second-order valence-corrected chi connectivity index (χ2v) is 7.77. The summed E-state index contributed by atoms with van der Waals surface area (Å²) in [6.07, 6.45) is 1.95. The summed E-state index contributed by atoms with van der Waals surface area (Å²) in [6, 6.07) is 15.6. The molecule has 2 aromatic rings. The fourth-order valence-electron chi connectivity index (χ4n) is 3.12. The Morgan fingerprint density at radius 2 is 1.78 bits per heavy atom. The molecule has 0 unspecified atom stereocenters. The van der Waals surface area contributed by atoms with E-state index < -0.39 is 0 Å². The van der Waals surface area contributed by atoms with E-state index >= 15 is 0 Å². The van der Waals surface area contributed by atoms with Crippen LogP contribution in [-0.4, -0.2) is 43.2 Å². The Morgan fingerprint density at radius 3 is 2.44 bits per heavy atom.